The fourth-order valence-corrected chi connectivity index (χ4v) is 2.08. The van der Waals surface area contributed by atoms with Crippen LogP contribution < -0.4 is 4.90 Å². The number of hydrogen-bond acceptors (Lipinski definition) is 1. The molecule has 0 unspecified atom stereocenters. The van der Waals surface area contributed by atoms with Crippen molar-refractivity contribution in [2.45, 2.75) is 12.3 Å². The van der Waals surface area contributed by atoms with Crippen LogP contribution in [0.1, 0.15) is 12.0 Å². The van der Waals surface area contributed by atoms with Crippen LogP contribution in [-0.2, 0) is 5.88 Å². The maximum atomic E-state index is 5.87. The van der Waals surface area contributed by atoms with Crippen LogP contribution in [0, 0.1) is 0 Å². The maximum absolute atomic E-state index is 5.87. The molecule has 70 valence electrons. The molecule has 0 radical (unpaired) electrons. The van der Waals surface area contributed by atoms with Gasteiger partial charge in [-0.25, -0.2) is 0 Å². The zero-order valence-electron chi connectivity index (χ0n) is 7.26. The highest BCUT2D eigenvalue weighted by Crippen LogP contribution is 2.29. The molecular formula is C10H11BrClN. The average molecular weight is 261 g/mol. The molecule has 1 aromatic rings. The molecule has 1 saturated heterocycles. The van der Waals surface area contributed by atoms with E-state index in [-0.39, 0.29) is 0 Å². The van der Waals surface area contributed by atoms with E-state index in [0.717, 1.165) is 4.47 Å². The summed E-state index contributed by atoms with van der Waals surface area (Å²) in [5.41, 5.74) is 2.51. The monoisotopic (exact) mass is 259 g/mol. The zero-order chi connectivity index (χ0) is 9.26. The Kier molecular flexibility index (Phi) is 2.80. The lowest BCUT2D eigenvalue weighted by Crippen LogP contribution is -2.37. The fourth-order valence-electron chi connectivity index (χ4n) is 1.50. The zero-order valence-corrected chi connectivity index (χ0v) is 9.61. The van der Waals surface area contributed by atoms with E-state index in [2.05, 4.69) is 33.0 Å². The van der Waals surface area contributed by atoms with Gasteiger partial charge in [0.15, 0.2) is 0 Å². The Morgan fingerprint density at radius 1 is 1.38 bits per heavy atom. The van der Waals surface area contributed by atoms with E-state index in [4.69, 9.17) is 11.6 Å². The number of rotatable bonds is 2. The molecule has 0 amide bonds. The Bertz CT molecular complexity index is 310. The third-order valence-corrected chi connectivity index (χ3v) is 3.17. The molecule has 1 aromatic carbocycles. The second kappa shape index (κ2) is 3.89. The summed E-state index contributed by atoms with van der Waals surface area (Å²) in [4.78, 5) is 2.36. The van der Waals surface area contributed by atoms with Crippen LogP contribution in [0.3, 0.4) is 0 Å². The molecule has 1 nitrogen and oxygen atoms in total. The molecule has 0 aromatic heterocycles. The van der Waals surface area contributed by atoms with Crippen molar-refractivity contribution in [3.05, 3.63) is 28.2 Å². The number of anilines is 1. The first kappa shape index (κ1) is 9.35. The standard InChI is InChI=1S/C10H11BrClN/c11-9-3-2-8(7-12)10(6-9)13-4-1-5-13/h2-3,6H,1,4-5,7H2. The minimum atomic E-state index is 0.596. The molecule has 3 heteroatoms. The summed E-state index contributed by atoms with van der Waals surface area (Å²) in [6, 6.07) is 6.28. The molecule has 2 rings (SSSR count). The Morgan fingerprint density at radius 3 is 2.69 bits per heavy atom. The van der Waals surface area contributed by atoms with Crippen molar-refractivity contribution in [3.63, 3.8) is 0 Å². The number of alkyl halides is 1. The van der Waals surface area contributed by atoms with Crippen molar-refractivity contribution < 1.29 is 0 Å². The summed E-state index contributed by atoms with van der Waals surface area (Å²) in [5.74, 6) is 0.596. The van der Waals surface area contributed by atoms with Gasteiger partial charge in [0.05, 0.1) is 0 Å². The number of nitrogens with zero attached hydrogens (tertiary/aromatic N) is 1. The average Bonchev–Trinajstić information content (AvgIpc) is 2.02. The summed E-state index contributed by atoms with van der Waals surface area (Å²) < 4.78 is 1.13. The normalized spacial score (nSPS) is 15.7. The predicted molar refractivity (Wildman–Crippen MR) is 60.5 cm³/mol. The van der Waals surface area contributed by atoms with E-state index in [0.29, 0.717) is 5.88 Å². The molecule has 0 aliphatic carbocycles. The van der Waals surface area contributed by atoms with Gasteiger partial charge in [-0.15, -0.1) is 11.6 Å². The van der Waals surface area contributed by atoms with Gasteiger partial charge >= 0.3 is 0 Å². The Balaban J connectivity index is 2.33. The summed E-state index contributed by atoms with van der Waals surface area (Å²) in [5, 5.41) is 0. The van der Waals surface area contributed by atoms with E-state index >= 15 is 0 Å². The lowest BCUT2D eigenvalue weighted by Gasteiger charge is -2.34. The lowest BCUT2D eigenvalue weighted by molar-refractivity contribution is 0.616. The molecule has 0 bridgehead atoms. The molecule has 1 aliphatic heterocycles. The molecular weight excluding hydrogens is 249 g/mol. The van der Waals surface area contributed by atoms with Crippen LogP contribution in [0.5, 0.6) is 0 Å². The Morgan fingerprint density at radius 2 is 2.15 bits per heavy atom. The summed E-state index contributed by atoms with van der Waals surface area (Å²) in [6.45, 7) is 2.33. The third-order valence-electron chi connectivity index (χ3n) is 2.39. The van der Waals surface area contributed by atoms with Gasteiger partial charge in [-0.05, 0) is 24.1 Å². The van der Waals surface area contributed by atoms with Gasteiger partial charge in [-0.1, -0.05) is 22.0 Å². The van der Waals surface area contributed by atoms with E-state index in [9.17, 15) is 0 Å². The smallest absolute Gasteiger partial charge is 0.0494 e. The van der Waals surface area contributed by atoms with Crippen LogP contribution in [0.2, 0.25) is 0 Å². The summed E-state index contributed by atoms with van der Waals surface area (Å²) in [6.07, 6.45) is 1.30. The van der Waals surface area contributed by atoms with Crippen molar-refractivity contribution in [2.75, 3.05) is 18.0 Å². The number of benzene rings is 1. The lowest BCUT2D eigenvalue weighted by atomic mass is 10.1. The third kappa shape index (κ3) is 1.84. The van der Waals surface area contributed by atoms with Gasteiger partial charge in [0, 0.05) is 29.1 Å². The first-order valence-electron chi connectivity index (χ1n) is 4.40. The Labute approximate surface area is 91.8 Å². The number of hydrogen-bond donors (Lipinski definition) is 0. The minimum absolute atomic E-state index is 0.596. The topological polar surface area (TPSA) is 3.24 Å². The largest absolute Gasteiger partial charge is 0.371 e. The molecule has 0 saturated carbocycles. The van der Waals surface area contributed by atoms with Crippen molar-refractivity contribution >= 4 is 33.2 Å². The Hall–Kier alpha value is -0.210. The summed E-state index contributed by atoms with van der Waals surface area (Å²) in [7, 11) is 0. The predicted octanol–water partition coefficient (Wildman–Crippen LogP) is 3.40. The molecule has 13 heavy (non-hydrogen) atoms. The van der Waals surface area contributed by atoms with Crippen LogP contribution >= 0.6 is 27.5 Å². The van der Waals surface area contributed by atoms with Crippen molar-refractivity contribution in [2.24, 2.45) is 0 Å². The van der Waals surface area contributed by atoms with Gasteiger partial charge in [-0.3, -0.25) is 0 Å². The van der Waals surface area contributed by atoms with Crippen LogP contribution in [-0.4, -0.2) is 13.1 Å². The van der Waals surface area contributed by atoms with E-state index in [1.54, 1.807) is 0 Å². The highest BCUT2D eigenvalue weighted by Gasteiger charge is 2.17. The molecule has 1 aliphatic rings. The minimum Gasteiger partial charge on any atom is -0.371 e. The van der Waals surface area contributed by atoms with E-state index in [1.807, 2.05) is 6.07 Å². The second-order valence-electron chi connectivity index (χ2n) is 3.25. The van der Waals surface area contributed by atoms with Crippen molar-refractivity contribution in [3.8, 4) is 0 Å². The van der Waals surface area contributed by atoms with E-state index in [1.165, 1.54) is 30.8 Å². The van der Waals surface area contributed by atoms with Crippen molar-refractivity contribution in [1.29, 1.82) is 0 Å². The van der Waals surface area contributed by atoms with Crippen molar-refractivity contribution in [1.82, 2.24) is 0 Å². The molecule has 1 fully saturated rings. The molecule has 1 heterocycles. The first-order valence-corrected chi connectivity index (χ1v) is 5.73. The number of halogens is 2. The van der Waals surface area contributed by atoms with Crippen LogP contribution in [0.4, 0.5) is 5.69 Å². The van der Waals surface area contributed by atoms with Gasteiger partial charge in [-0.2, -0.15) is 0 Å². The highest BCUT2D eigenvalue weighted by molar-refractivity contribution is 9.10. The quantitative estimate of drug-likeness (QED) is 0.737. The second-order valence-corrected chi connectivity index (χ2v) is 4.43. The highest BCUT2D eigenvalue weighted by atomic mass is 79.9. The van der Waals surface area contributed by atoms with E-state index < -0.39 is 0 Å². The van der Waals surface area contributed by atoms with Gasteiger partial charge in [0.25, 0.3) is 0 Å². The summed E-state index contributed by atoms with van der Waals surface area (Å²) >= 11 is 9.34. The van der Waals surface area contributed by atoms with Crippen LogP contribution in [0.15, 0.2) is 22.7 Å². The van der Waals surface area contributed by atoms with Crippen LogP contribution in [0.25, 0.3) is 0 Å². The molecule has 0 spiro atoms. The first-order chi connectivity index (χ1) is 6.31. The SMILES string of the molecule is ClCc1ccc(Br)cc1N1CCC1. The fraction of sp³-hybridized carbons (Fsp3) is 0.400. The molecule has 0 N–H and O–H groups in total. The molecule has 0 atom stereocenters. The maximum Gasteiger partial charge on any atom is 0.0494 e. The van der Waals surface area contributed by atoms with Gasteiger partial charge in [0.2, 0.25) is 0 Å². The van der Waals surface area contributed by atoms with Gasteiger partial charge < -0.3 is 4.90 Å². The van der Waals surface area contributed by atoms with Gasteiger partial charge in [0.1, 0.15) is 0 Å².